The van der Waals surface area contributed by atoms with Crippen LogP contribution in [-0.4, -0.2) is 14.4 Å². The van der Waals surface area contributed by atoms with Gasteiger partial charge < -0.3 is 23.4 Å². The molecule has 3 aromatic heterocycles. The molecule has 0 spiro atoms. The summed E-state index contributed by atoms with van der Waals surface area (Å²) in [6.07, 6.45) is 7.25. The molecule has 2 atom stereocenters. The van der Waals surface area contributed by atoms with Gasteiger partial charge in [0.05, 0.1) is 22.1 Å². The fourth-order valence-corrected chi connectivity index (χ4v) is 19.0. The standard InChI is InChI=1S/C104H68N4OS/c1-2-18-72-61-75(36-35-67(72)17-1)70-41-50-78(51-42-70)105(83-54-56-93-92-28-8-13-33-101(92)109-102(93)65-83)77-46-37-68(38-47-77)74-20-16-22-82(63-74)108-99-32-12-7-27-91(99)96-64-76(45-60-100(96)108)86-59-58-85(87-23-3-4-24-88(86)87)71-43-52-80(53-44-71)106(84-55-57-95-94-29-9-14-34-103(94)110-104(95)66-84)79-48-39-69(40-49-79)73-19-15-21-81(62-73)107-97-30-10-5-25-89(97)90-26-6-11-31-98(90)107/h1-66,95,104H. The molecule has 2 unspecified atom stereocenters. The maximum atomic E-state index is 6.49. The minimum atomic E-state index is 0.298. The van der Waals surface area contributed by atoms with E-state index in [4.69, 9.17) is 4.42 Å². The van der Waals surface area contributed by atoms with Crippen LogP contribution in [0.3, 0.4) is 0 Å². The van der Waals surface area contributed by atoms with Crippen LogP contribution in [0.4, 0.5) is 28.4 Å². The Morgan fingerprint density at radius 1 is 0.273 bits per heavy atom. The van der Waals surface area contributed by atoms with Crippen molar-refractivity contribution in [1.82, 2.24) is 9.13 Å². The first kappa shape index (κ1) is 63.4. The van der Waals surface area contributed by atoms with Crippen LogP contribution >= 0.6 is 11.8 Å². The third-order valence-corrected chi connectivity index (χ3v) is 24.2. The molecule has 0 fully saturated rings. The van der Waals surface area contributed by atoms with Gasteiger partial charge in [-0.3, -0.25) is 0 Å². The van der Waals surface area contributed by atoms with Gasteiger partial charge in [0, 0.05) is 100.0 Å². The molecule has 0 bridgehead atoms. The number of allylic oxidation sites excluding steroid dienone is 2. The number of hydrogen-bond acceptors (Lipinski definition) is 4. The minimum absolute atomic E-state index is 0.298. The van der Waals surface area contributed by atoms with E-state index in [9.17, 15) is 0 Å². The number of rotatable bonds is 13. The number of furan rings is 1. The van der Waals surface area contributed by atoms with Crippen LogP contribution in [0.15, 0.2) is 415 Å². The molecule has 5 nitrogen and oxygen atoms in total. The van der Waals surface area contributed by atoms with E-state index in [-0.39, 0.29) is 0 Å². The normalized spacial score (nSPS) is 14.0. The summed E-state index contributed by atoms with van der Waals surface area (Å²) < 4.78 is 11.3. The molecule has 1 aliphatic heterocycles. The molecule has 20 aromatic rings. The number of para-hydroxylation sites is 4. The summed E-state index contributed by atoms with van der Waals surface area (Å²) >= 11 is 1.97. The van der Waals surface area contributed by atoms with E-state index in [2.05, 4.69) is 407 Å². The van der Waals surface area contributed by atoms with Gasteiger partial charge in [0.2, 0.25) is 0 Å². The van der Waals surface area contributed by atoms with Gasteiger partial charge in [0.15, 0.2) is 0 Å². The Labute approximate surface area is 641 Å². The third kappa shape index (κ3) is 10.7. The number of thioether (sulfide) groups is 1. The van der Waals surface area contributed by atoms with Crippen molar-refractivity contribution in [2.24, 2.45) is 0 Å². The number of anilines is 5. The Bertz CT molecular complexity index is 7090. The molecule has 17 aromatic carbocycles. The van der Waals surface area contributed by atoms with Crippen LogP contribution < -0.4 is 9.80 Å². The van der Waals surface area contributed by atoms with E-state index < -0.39 is 0 Å². The first-order valence-corrected chi connectivity index (χ1v) is 38.7. The van der Waals surface area contributed by atoms with E-state index in [1.807, 2.05) is 23.9 Å². The molecule has 516 valence electrons. The quantitative estimate of drug-likeness (QED) is 0.115. The van der Waals surface area contributed by atoms with Crippen LogP contribution in [0.5, 0.6) is 0 Å². The van der Waals surface area contributed by atoms with Crippen molar-refractivity contribution in [3.8, 4) is 67.0 Å². The molecule has 4 heterocycles. The summed E-state index contributed by atoms with van der Waals surface area (Å²) in [6.45, 7) is 0. The second-order valence-electron chi connectivity index (χ2n) is 29.1. The van der Waals surface area contributed by atoms with Crippen molar-refractivity contribution in [1.29, 1.82) is 0 Å². The van der Waals surface area contributed by atoms with Gasteiger partial charge in [0.1, 0.15) is 11.2 Å². The summed E-state index contributed by atoms with van der Waals surface area (Å²) in [5.74, 6) is 0.337. The first-order chi connectivity index (χ1) is 54.5. The predicted molar refractivity (Wildman–Crippen MR) is 464 cm³/mol. The molecule has 1 aliphatic carbocycles. The van der Waals surface area contributed by atoms with Gasteiger partial charge in [0.25, 0.3) is 0 Å². The summed E-state index contributed by atoms with van der Waals surface area (Å²) in [6, 6.07) is 140. The molecule has 22 rings (SSSR count). The second-order valence-corrected chi connectivity index (χ2v) is 30.3. The summed E-state index contributed by atoms with van der Waals surface area (Å²) in [5.41, 5.74) is 28.3. The van der Waals surface area contributed by atoms with Crippen LogP contribution in [0, 0.1) is 0 Å². The number of benzene rings is 17. The van der Waals surface area contributed by atoms with Crippen molar-refractivity contribution in [2.75, 3.05) is 9.80 Å². The second kappa shape index (κ2) is 26.0. The zero-order valence-electron chi connectivity index (χ0n) is 59.9. The highest BCUT2D eigenvalue weighted by molar-refractivity contribution is 8.00. The molecule has 0 N–H and O–H groups in total. The van der Waals surface area contributed by atoms with Gasteiger partial charge in [-0.05, 0) is 228 Å². The van der Waals surface area contributed by atoms with E-state index in [0.29, 0.717) is 11.2 Å². The molecular formula is C104H68N4OS. The third-order valence-electron chi connectivity index (χ3n) is 22.8. The Hall–Kier alpha value is -13.9. The smallest absolute Gasteiger partial charge is 0.137 e. The number of nitrogens with zero attached hydrogens (tertiary/aromatic N) is 4. The largest absolute Gasteiger partial charge is 0.456 e. The van der Waals surface area contributed by atoms with E-state index >= 15 is 0 Å². The fourth-order valence-electron chi connectivity index (χ4n) is 17.6. The molecule has 110 heavy (non-hydrogen) atoms. The van der Waals surface area contributed by atoms with Crippen molar-refractivity contribution < 1.29 is 4.42 Å². The van der Waals surface area contributed by atoms with Crippen LogP contribution in [0.25, 0.3) is 154 Å². The lowest BCUT2D eigenvalue weighted by Crippen LogP contribution is -2.20. The average Bonchev–Trinajstić information content (AvgIpc) is 1.59. The van der Waals surface area contributed by atoms with Gasteiger partial charge in [-0.15, -0.1) is 11.8 Å². The highest BCUT2D eigenvalue weighted by Gasteiger charge is 2.34. The average molecular weight is 1420 g/mol. The van der Waals surface area contributed by atoms with Gasteiger partial charge in [-0.1, -0.05) is 249 Å². The highest BCUT2D eigenvalue weighted by Crippen LogP contribution is 2.51. The van der Waals surface area contributed by atoms with Gasteiger partial charge in [-0.25, -0.2) is 0 Å². The molecule has 0 amide bonds. The lowest BCUT2D eigenvalue weighted by atomic mass is 9.91. The van der Waals surface area contributed by atoms with Crippen molar-refractivity contribution in [3.63, 3.8) is 0 Å². The van der Waals surface area contributed by atoms with Crippen molar-refractivity contribution in [2.45, 2.75) is 16.1 Å². The zero-order valence-corrected chi connectivity index (χ0v) is 60.7. The van der Waals surface area contributed by atoms with E-state index in [0.717, 1.165) is 83.9 Å². The van der Waals surface area contributed by atoms with Crippen molar-refractivity contribution >= 4 is 127 Å². The fraction of sp³-hybridized carbons (Fsp3) is 0.0192. The first-order valence-electron chi connectivity index (χ1n) is 37.8. The van der Waals surface area contributed by atoms with Crippen LogP contribution in [0.2, 0.25) is 0 Å². The monoisotopic (exact) mass is 1420 g/mol. The zero-order chi connectivity index (χ0) is 72.3. The van der Waals surface area contributed by atoms with E-state index in [1.165, 1.54) is 115 Å². The summed E-state index contributed by atoms with van der Waals surface area (Å²) in [4.78, 5) is 6.14. The number of aromatic nitrogens is 2. The van der Waals surface area contributed by atoms with Crippen LogP contribution in [0.1, 0.15) is 11.5 Å². The molecule has 0 saturated heterocycles. The van der Waals surface area contributed by atoms with Gasteiger partial charge in [-0.2, -0.15) is 0 Å². The topological polar surface area (TPSA) is 29.5 Å². The number of hydrogen-bond donors (Lipinski definition) is 0. The lowest BCUT2D eigenvalue weighted by Gasteiger charge is -2.30. The molecule has 0 radical (unpaired) electrons. The Morgan fingerprint density at radius 2 is 0.727 bits per heavy atom. The SMILES string of the molecule is C1=CC2c3ccccc3SC2C=C1N(c1ccc(-c2cccc(-n3c4ccccc4c4ccccc43)c2)cc1)c1ccc(-c2ccc(-c3ccc4c(c3)c3ccccc3n4-c3cccc(-c4ccc(N(c5ccc(-c6ccc7ccccc7c6)cc5)c5ccc6c(c5)oc5ccccc56)cc4)c3)c3ccccc23)cc1. The Kier molecular flexibility index (Phi) is 15.0. The van der Waals surface area contributed by atoms with Crippen LogP contribution in [-0.2, 0) is 0 Å². The van der Waals surface area contributed by atoms with Crippen molar-refractivity contribution in [3.05, 3.63) is 412 Å². The maximum Gasteiger partial charge on any atom is 0.137 e. The Balaban J connectivity index is 0.571. The Morgan fingerprint density at radius 3 is 1.35 bits per heavy atom. The molecule has 6 heteroatoms. The minimum Gasteiger partial charge on any atom is -0.456 e. The maximum absolute atomic E-state index is 6.49. The molecule has 2 aliphatic rings. The highest BCUT2D eigenvalue weighted by atomic mass is 32.2. The lowest BCUT2D eigenvalue weighted by molar-refractivity contribution is 0.669. The predicted octanol–water partition coefficient (Wildman–Crippen LogP) is 28.7. The van der Waals surface area contributed by atoms with E-state index in [1.54, 1.807) is 0 Å². The molecular weight excluding hydrogens is 1350 g/mol. The van der Waals surface area contributed by atoms with Gasteiger partial charge >= 0.3 is 0 Å². The summed E-state index contributed by atoms with van der Waals surface area (Å²) in [5, 5.41) is 12.3. The molecule has 0 saturated carbocycles. The number of fused-ring (bicyclic) bond motifs is 14. The summed E-state index contributed by atoms with van der Waals surface area (Å²) in [7, 11) is 0.